The molecule has 0 aliphatic carbocycles. The molecule has 15 heavy (non-hydrogen) atoms. The molecule has 2 N–H and O–H groups in total. The summed E-state index contributed by atoms with van der Waals surface area (Å²) in [5.74, 6) is -0.796. The molecule has 0 aliphatic rings. The third-order valence-corrected chi connectivity index (χ3v) is 2.03. The van der Waals surface area contributed by atoms with E-state index in [0.717, 1.165) is 5.56 Å². The fourth-order valence-electron chi connectivity index (χ4n) is 1.34. The highest BCUT2D eigenvalue weighted by atomic mass is 35.5. The number of likely N-dealkylation sites (N-methyl/N-ethyl adjacent to an activating group) is 1. The molecule has 0 radical (unpaired) electrons. The maximum atomic E-state index is 10.8. The van der Waals surface area contributed by atoms with Crippen molar-refractivity contribution in [2.45, 2.75) is 19.4 Å². The second-order valence-electron chi connectivity index (χ2n) is 3.14. The van der Waals surface area contributed by atoms with Gasteiger partial charge in [-0.2, -0.15) is 0 Å². The molecule has 0 heterocycles. The van der Waals surface area contributed by atoms with Gasteiger partial charge in [0.1, 0.15) is 6.04 Å². The van der Waals surface area contributed by atoms with Crippen LogP contribution in [0, 0.1) is 0 Å². The van der Waals surface area contributed by atoms with Gasteiger partial charge in [-0.1, -0.05) is 37.3 Å². The molecule has 0 unspecified atom stereocenters. The number of carboxylic acids is 1. The van der Waals surface area contributed by atoms with Crippen LogP contribution in [0.15, 0.2) is 30.3 Å². The number of halogens is 1. The first-order valence-corrected chi connectivity index (χ1v) is 4.74. The van der Waals surface area contributed by atoms with Gasteiger partial charge in [-0.25, -0.2) is 0 Å². The average Bonchev–Trinajstić information content (AvgIpc) is 2.18. The van der Waals surface area contributed by atoms with E-state index in [1.54, 1.807) is 0 Å². The molecular formula is C11H16ClNO2. The summed E-state index contributed by atoms with van der Waals surface area (Å²) in [4.78, 5) is 10.8. The lowest BCUT2D eigenvalue weighted by molar-refractivity contribution is -0.139. The van der Waals surface area contributed by atoms with Gasteiger partial charge < -0.3 is 10.4 Å². The van der Waals surface area contributed by atoms with Crippen LogP contribution in [-0.2, 0) is 11.2 Å². The minimum absolute atomic E-state index is 0. The van der Waals surface area contributed by atoms with Crippen LogP contribution in [0.25, 0.3) is 0 Å². The average molecular weight is 230 g/mol. The first-order valence-electron chi connectivity index (χ1n) is 4.74. The molecule has 0 spiro atoms. The molecule has 1 rings (SSSR count). The van der Waals surface area contributed by atoms with Gasteiger partial charge in [0, 0.05) is 0 Å². The molecule has 1 atom stereocenters. The highest BCUT2D eigenvalue weighted by Gasteiger charge is 2.15. The zero-order valence-electron chi connectivity index (χ0n) is 8.64. The van der Waals surface area contributed by atoms with Crippen molar-refractivity contribution in [3.63, 3.8) is 0 Å². The number of benzene rings is 1. The molecule has 4 heteroatoms. The van der Waals surface area contributed by atoms with E-state index in [-0.39, 0.29) is 12.4 Å². The number of nitrogens with one attached hydrogen (secondary N) is 1. The van der Waals surface area contributed by atoms with E-state index < -0.39 is 12.0 Å². The Kier molecular flexibility index (Phi) is 6.75. The zero-order chi connectivity index (χ0) is 10.4. The van der Waals surface area contributed by atoms with Gasteiger partial charge in [-0.05, 0) is 18.5 Å². The molecule has 0 amide bonds. The Morgan fingerprint density at radius 1 is 1.40 bits per heavy atom. The molecule has 0 aliphatic heterocycles. The Morgan fingerprint density at radius 2 is 2.00 bits per heavy atom. The Labute approximate surface area is 95.9 Å². The molecule has 1 aromatic rings. The van der Waals surface area contributed by atoms with Crippen LogP contribution in [0.3, 0.4) is 0 Å². The summed E-state index contributed by atoms with van der Waals surface area (Å²) in [5, 5.41) is 11.8. The molecular weight excluding hydrogens is 214 g/mol. The molecule has 3 nitrogen and oxygen atoms in total. The van der Waals surface area contributed by atoms with Crippen LogP contribution < -0.4 is 5.32 Å². The molecule has 1 aromatic carbocycles. The summed E-state index contributed by atoms with van der Waals surface area (Å²) in [5.41, 5.74) is 1.04. The molecule has 0 aromatic heterocycles. The van der Waals surface area contributed by atoms with Crippen molar-refractivity contribution >= 4 is 18.4 Å². The summed E-state index contributed by atoms with van der Waals surface area (Å²) >= 11 is 0. The number of hydrogen-bond donors (Lipinski definition) is 2. The highest BCUT2D eigenvalue weighted by Crippen LogP contribution is 2.03. The molecule has 0 fully saturated rings. The fraction of sp³-hybridized carbons (Fsp3) is 0.364. The number of aliphatic carboxylic acids is 1. The van der Waals surface area contributed by atoms with E-state index in [1.807, 2.05) is 37.3 Å². The SMILES string of the molecule is CCN[C@H](Cc1ccccc1)C(=O)O.Cl. The minimum Gasteiger partial charge on any atom is -0.480 e. The fourth-order valence-corrected chi connectivity index (χ4v) is 1.34. The third-order valence-electron chi connectivity index (χ3n) is 2.03. The minimum atomic E-state index is -0.796. The maximum Gasteiger partial charge on any atom is 0.321 e. The van der Waals surface area contributed by atoms with Crippen LogP contribution >= 0.6 is 12.4 Å². The van der Waals surface area contributed by atoms with Gasteiger partial charge in [-0.3, -0.25) is 4.79 Å². The van der Waals surface area contributed by atoms with Crippen molar-refractivity contribution in [1.29, 1.82) is 0 Å². The molecule has 0 saturated carbocycles. The van der Waals surface area contributed by atoms with Crippen molar-refractivity contribution in [1.82, 2.24) is 5.32 Å². The van der Waals surface area contributed by atoms with Crippen LogP contribution in [0.1, 0.15) is 12.5 Å². The summed E-state index contributed by atoms with van der Waals surface area (Å²) < 4.78 is 0. The van der Waals surface area contributed by atoms with E-state index in [2.05, 4.69) is 5.32 Å². The lowest BCUT2D eigenvalue weighted by atomic mass is 10.1. The molecule has 0 bridgehead atoms. The normalized spacial score (nSPS) is 11.5. The smallest absolute Gasteiger partial charge is 0.321 e. The summed E-state index contributed by atoms with van der Waals surface area (Å²) in [6, 6.07) is 9.15. The topological polar surface area (TPSA) is 49.3 Å². The standard InChI is InChI=1S/C11H15NO2.ClH/c1-2-12-10(11(13)14)8-9-6-4-3-5-7-9;/h3-7,10,12H,2,8H2,1H3,(H,13,14);1H/t10-;/m1./s1. The van der Waals surface area contributed by atoms with Crippen molar-refractivity contribution in [2.24, 2.45) is 0 Å². The van der Waals surface area contributed by atoms with E-state index in [9.17, 15) is 4.79 Å². The predicted octanol–water partition coefficient (Wildman–Crippen LogP) is 1.71. The Bertz CT molecular complexity index is 290. The number of carbonyl (C=O) groups is 1. The Balaban J connectivity index is 0.00000196. The first kappa shape index (κ1) is 13.9. The maximum absolute atomic E-state index is 10.8. The van der Waals surface area contributed by atoms with Crippen molar-refractivity contribution in [3.05, 3.63) is 35.9 Å². The van der Waals surface area contributed by atoms with E-state index in [4.69, 9.17) is 5.11 Å². The van der Waals surface area contributed by atoms with Gasteiger partial charge in [0.05, 0.1) is 0 Å². The Morgan fingerprint density at radius 3 is 2.47 bits per heavy atom. The Hall–Kier alpha value is -1.06. The molecule has 84 valence electrons. The predicted molar refractivity (Wildman–Crippen MR) is 62.5 cm³/mol. The third kappa shape index (κ3) is 4.81. The summed E-state index contributed by atoms with van der Waals surface area (Å²) in [6.45, 7) is 2.57. The van der Waals surface area contributed by atoms with Crippen molar-refractivity contribution < 1.29 is 9.90 Å². The van der Waals surface area contributed by atoms with E-state index in [0.29, 0.717) is 13.0 Å². The van der Waals surface area contributed by atoms with E-state index >= 15 is 0 Å². The lowest BCUT2D eigenvalue weighted by Gasteiger charge is -2.12. The largest absolute Gasteiger partial charge is 0.480 e. The van der Waals surface area contributed by atoms with Crippen LogP contribution in [0.5, 0.6) is 0 Å². The number of carboxylic acid groups (broad SMARTS) is 1. The van der Waals surface area contributed by atoms with Gasteiger partial charge in [0.25, 0.3) is 0 Å². The second kappa shape index (κ2) is 7.26. The first-order chi connectivity index (χ1) is 6.74. The number of hydrogen-bond acceptors (Lipinski definition) is 2. The lowest BCUT2D eigenvalue weighted by Crippen LogP contribution is -2.38. The highest BCUT2D eigenvalue weighted by molar-refractivity contribution is 5.85. The van der Waals surface area contributed by atoms with Gasteiger partial charge >= 0.3 is 5.97 Å². The van der Waals surface area contributed by atoms with Crippen LogP contribution in [-0.4, -0.2) is 23.7 Å². The monoisotopic (exact) mass is 229 g/mol. The van der Waals surface area contributed by atoms with E-state index in [1.165, 1.54) is 0 Å². The van der Waals surface area contributed by atoms with Crippen molar-refractivity contribution in [3.8, 4) is 0 Å². The zero-order valence-corrected chi connectivity index (χ0v) is 9.46. The molecule has 0 saturated heterocycles. The summed E-state index contributed by atoms with van der Waals surface area (Å²) in [6.07, 6.45) is 0.532. The second-order valence-corrected chi connectivity index (χ2v) is 3.14. The van der Waals surface area contributed by atoms with Crippen LogP contribution in [0.4, 0.5) is 0 Å². The number of rotatable bonds is 5. The van der Waals surface area contributed by atoms with Gasteiger partial charge in [0.15, 0.2) is 0 Å². The van der Waals surface area contributed by atoms with Gasteiger partial charge in [0.2, 0.25) is 0 Å². The van der Waals surface area contributed by atoms with Crippen molar-refractivity contribution in [2.75, 3.05) is 6.54 Å². The van der Waals surface area contributed by atoms with Gasteiger partial charge in [-0.15, -0.1) is 12.4 Å². The van der Waals surface area contributed by atoms with Crippen LogP contribution in [0.2, 0.25) is 0 Å². The summed E-state index contributed by atoms with van der Waals surface area (Å²) in [7, 11) is 0. The quantitative estimate of drug-likeness (QED) is 0.808.